The van der Waals surface area contributed by atoms with Gasteiger partial charge >= 0.3 is 0 Å². The summed E-state index contributed by atoms with van der Waals surface area (Å²) in [6.45, 7) is 2.12. The monoisotopic (exact) mass is 284 g/mol. The number of hydrogen-bond donors (Lipinski definition) is 1. The van der Waals surface area contributed by atoms with Gasteiger partial charge < -0.3 is 4.98 Å². The van der Waals surface area contributed by atoms with Gasteiger partial charge in [0.1, 0.15) is 0 Å². The lowest BCUT2D eigenvalue weighted by Crippen LogP contribution is -1.82. The highest BCUT2D eigenvalue weighted by Gasteiger charge is 2.05. The molecule has 0 radical (unpaired) electrons. The van der Waals surface area contributed by atoms with Crippen LogP contribution in [-0.4, -0.2) is 9.97 Å². The lowest BCUT2D eigenvalue weighted by atomic mass is 10.1. The van der Waals surface area contributed by atoms with Gasteiger partial charge in [-0.1, -0.05) is 48.6 Å². The molecule has 0 spiro atoms. The third-order valence-electron chi connectivity index (χ3n) is 4.06. The van der Waals surface area contributed by atoms with Crippen molar-refractivity contribution in [1.29, 1.82) is 0 Å². The zero-order chi connectivity index (χ0) is 14.9. The molecule has 2 aromatic carbocycles. The quantitative estimate of drug-likeness (QED) is 0.539. The van der Waals surface area contributed by atoms with Crippen LogP contribution in [0, 0.1) is 6.92 Å². The van der Waals surface area contributed by atoms with Crippen molar-refractivity contribution in [1.82, 2.24) is 9.97 Å². The summed E-state index contributed by atoms with van der Waals surface area (Å²) in [5.74, 6) is 0. The first kappa shape index (κ1) is 12.8. The molecular formula is C20H16N2. The van der Waals surface area contributed by atoms with E-state index in [4.69, 9.17) is 0 Å². The molecule has 0 atom stereocenters. The summed E-state index contributed by atoms with van der Waals surface area (Å²) in [5.41, 5.74) is 5.84. The number of aromatic amines is 1. The summed E-state index contributed by atoms with van der Waals surface area (Å²) in [6, 6.07) is 18.7. The maximum absolute atomic E-state index is 4.41. The van der Waals surface area contributed by atoms with E-state index in [1.165, 1.54) is 33.1 Å². The normalized spacial score (nSPS) is 11.7. The number of pyridine rings is 1. The molecule has 0 aliphatic heterocycles. The van der Waals surface area contributed by atoms with Crippen molar-refractivity contribution in [2.24, 2.45) is 0 Å². The van der Waals surface area contributed by atoms with Crippen LogP contribution in [0.2, 0.25) is 0 Å². The van der Waals surface area contributed by atoms with Gasteiger partial charge in [-0.2, -0.15) is 0 Å². The smallest absolute Gasteiger partial charge is 0.0707 e. The van der Waals surface area contributed by atoms with Gasteiger partial charge in [0.2, 0.25) is 0 Å². The number of fused-ring (bicyclic) bond motifs is 2. The minimum absolute atomic E-state index is 1.03. The van der Waals surface area contributed by atoms with Gasteiger partial charge in [-0.3, -0.25) is 4.98 Å². The van der Waals surface area contributed by atoms with E-state index in [-0.39, 0.29) is 0 Å². The molecule has 0 aliphatic rings. The Morgan fingerprint density at radius 1 is 0.864 bits per heavy atom. The van der Waals surface area contributed by atoms with Crippen molar-refractivity contribution in [3.63, 3.8) is 0 Å². The Balaban J connectivity index is 1.84. The molecule has 0 fully saturated rings. The zero-order valence-electron chi connectivity index (χ0n) is 12.4. The fourth-order valence-corrected chi connectivity index (χ4v) is 2.95. The SMILES string of the molecule is Cc1[nH]c2ccccc2c1/C=C\c1ccnc2ccccc12. The van der Waals surface area contributed by atoms with Crippen molar-refractivity contribution >= 4 is 34.0 Å². The van der Waals surface area contributed by atoms with E-state index in [1.807, 2.05) is 18.3 Å². The van der Waals surface area contributed by atoms with Gasteiger partial charge in [-0.25, -0.2) is 0 Å². The van der Waals surface area contributed by atoms with E-state index in [1.54, 1.807) is 0 Å². The molecule has 4 aromatic rings. The predicted molar refractivity (Wildman–Crippen MR) is 93.7 cm³/mol. The van der Waals surface area contributed by atoms with Crippen LogP contribution >= 0.6 is 0 Å². The average Bonchev–Trinajstić information content (AvgIpc) is 2.88. The first-order chi connectivity index (χ1) is 10.8. The summed E-state index contributed by atoms with van der Waals surface area (Å²) in [5, 5.41) is 2.44. The Morgan fingerprint density at radius 3 is 2.55 bits per heavy atom. The van der Waals surface area contributed by atoms with Crippen LogP contribution in [-0.2, 0) is 0 Å². The minimum atomic E-state index is 1.03. The number of para-hydroxylation sites is 2. The maximum Gasteiger partial charge on any atom is 0.0707 e. The van der Waals surface area contributed by atoms with E-state index in [0.717, 1.165) is 5.52 Å². The standard InChI is InChI=1S/C20H16N2/c1-14-16(18-7-3-5-9-20(18)22-14)11-10-15-12-13-21-19-8-4-2-6-17(15)19/h2-13,22H,1H3/b11-10-. The van der Waals surface area contributed by atoms with Crippen molar-refractivity contribution < 1.29 is 0 Å². The first-order valence-electron chi connectivity index (χ1n) is 7.42. The van der Waals surface area contributed by atoms with Crippen LogP contribution in [0.15, 0.2) is 60.8 Å². The summed E-state index contributed by atoms with van der Waals surface area (Å²) in [4.78, 5) is 7.85. The first-order valence-corrected chi connectivity index (χ1v) is 7.42. The maximum atomic E-state index is 4.41. The Morgan fingerprint density at radius 2 is 1.64 bits per heavy atom. The van der Waals surface area contributed by atoms with Crippen molar-refractivity contribution in [2.45, 2.75) is 6.92 Å². The Hall–Kier alpha value is -2.87. The van der Waals surface area contributed by atoms with Crippen LogP contribution in [0.3, 0.4) is 0 Å². The third-order valence-corrected chi connectivity index (χ3v) is 4.06. The van der Waals surface area contributed by atoms with E-state index in [0.29, 0.717) is 0 Å². The van der Waals surface area contributed by atoms with Gasteiger partial charge in [0.05, 0.1) is 5.52 Å². The molecular weight excluding hydrogens is 268 g/mol. The number of benzene rings is 2. The molecule has 2 nitrogen and oxygen atoms in total. The van der Waals surface area contributed by atoms with Crippen LogP contribution in [0.1, 0.15) is 16.8 Å². The van der Waals surface area contributed by atoms with E-state index in [2.05, 4.69) is 71.5 Å². The van der Waals surface area contributed by atoms with E-state index < -0.39 is 0 Å². The Labute approximate surface area is 129 Å². The fourth-order valence-electron chi connectivity index (χ4n) is 2.95. The number of aryl methyl sites for hydroxylation is 1. The summed E-state index contributed by atoms with van der Waals surface area (Å²) >= 11 is 0. The lowest BCUT2D eigenvalue weighted by molar-refractivity contribution is 1.29. The van der Waals surface area contributed by atoms with Gasteiger partial charge in [0.25, 0.3) is 0 Å². The summed E-state index contributed by atoms with van der Waals surface area (Å²) in [7, 11) is 0. The highest BCUT2D eigenvalue weighted by Crippen LogP contribution is 2.25. The Kier molecular flexibility index (Phi) is 3.01. The Bertz CT molecular complexity index is 988. The number of rotatable bonds is 2. The average molecular weight is 284 g/mol. The molecule has 0 saturated heterocycles. The number of nitrogens with one attached hydrogen (secondary N) is 1. The number of hydrogen-bond acceptors (Lipinski definition) is 1. The highest BCUT2D eigenvalue weighted by atomic mass is 14.7. The van der Waals surface area contributed by atoms with Gasteiger partial charge in [0, 0.05) is 33.7 Å². The molecule has 2 heteroatoms. The molecule has 0 amide bonds. The number of nitrogens with zero attached hydrogens (tertiary/aromatic N) is 1. The molecule has 0 aliphatic carbocycles. The topological polar surface area (TPSA) is 28.7 Å². The molecule has 106 valence electrons. The molecule has 1 N–H and O–H groups in total. The fraction of sp³-hybridized carbons (Fsp3) is 0.0500. The third kappa shape index (κ3) is 2.09. The predicted octanol–water partition coefficient (Wildman–Crippen LogP) is 5.19. The second-order valence-electron chi connectivity index (χ2n) is 5.46. The highest BCUT2D eigenvalue weighted by molar-refractivity contribution is 5.96. The van der Waals surface area contributed by atoms with Crippen molar-refractivity contribution in [2.75, 3.05) is 0 Å². The molecule has 0 saturated carbocycles. The number of H-pyrrole nitrogens is 1. The van der Waals surface area contributed by atoms with Crippen LogP contribution in [0.4, 0.5) is 0 Å². The molecule has 2 aromatic heterocycles. The van der Waals surface area contributed by atoms with Crippen LogP contribution in [0.25, 0.3) is 34.0 Å². The molecule has 22 heavy (non-hydrogen) atoms. The van der Waals surface area contributed by atoms with Crippen molar-refractivity contribution in [3.8, 4) is 0 Å². The van der Waals surface area contributed by atoms with E-state index >= 15 is 0 Å². The van der Waals surface area contributed by atoms with Crippen molar-refractivity contribution in [3.05, 3.63) is 77.6 Å². The molecule has 2 heterocycles. The van der Waals surface area contributed by atoms with Gasteiger partial charge in [-0.05, 0) is 30.7 Å². The second-order valence-corrected chi connectivity index (χ2v) is 5.46. The molecule has 4 rings (SSSR count). The zero-order valence-corrected chi connectivity index (χ0v) is 12.4. The van der Waals surface area contributed by atoms with E-state index in [9.17, 15) is 0 Å². The second kappa shape index (κ2) is 5.15. The largest absolute Gasteiger partial charge is 0.358 e. The minimum Gasteiger partial charge on any atom is -0.358 e. The molecule has 0 unspecified atom stereocenters. The van der Waals surface area contributed by atoms with Gasteiger partial charge in [0.15, 0.2) is 0 Å². The summed E-state index contributed by atoms with van der Waals surface area (Å²) < 4.78 is 0. The number of aromatic nitrogens is 2. The molecule has 0 bridgehead atoms. The summed E-state index contributed by atoms with van der Waals surface area (Å²) in [6.07, 6.45) is 6.23. The lowest BCUT2D eigenvalue weighted by Gasteiger charge is -2.01. The van der Waals surface area contributed by atoms with Crippen LogP contribution in [0.5, 0.6) is 0 Å². The van der Waals surface area contributed by atoms with Crippen LogP contribution < -0.4 is 0 Å². The van der Waals surface area contributed by atoms with Gasteiger partial charge in [-0.15, -0.1) is 0 Å².